The van der Waals surface area contributed by atoms with Gasteiger partial charge in [-0.1, -0.05) is 12.2 Å². The Morgan fingerprint density at radius 3 is 1.19 bits per heavy atom. The third-order valence-corrected chi connectivity index (χ3v) is 4.79. The third-order valence-electron chi connectivity index (χ3n) is 4.79. The first-order chi connectivity index (χ1) is 12.2. The predicted molar refractivity (Wildman–Crippen MR) is 84.3 cm³/mol. The highest BCUT2D eigenvalue weighted by molar-refractivity contribution is 6.27. The summed E-state index contributed by atoms with van der Waals surface area (Å²) in [6.07, 6.45) is 1.03. The number of carbonyl (C=O) groups is 7. The van der Waals surface area contributed by atoms with Gasteiger partial charge in [-0.25, -0.2) is 0 Å². The van der Waals surface area contributed by atoms with Gasteiger partial charge < -0.3 is 40.1 Å². The summed E-state index contributed by atoms with van der Waals surface area (Å²) in [5.41, 5.74) is 25.9. The lowest BCUT2D eigenvalue weighted by atomic mass is 9.42. The molecule has 27 heavy (non-hydrogen) atoms. The molecular weight excluding hydrogens is 366 g/mol. The van der Waals surface area contributed by atoms with Crippen molar-refractivity contribution in [1.29, 1.82) is 0 Å². The molecule has 0 aromatic carbocycles. The molecule has 14 nitrogen and oxygen atoms in total. The minimum atomic E-state index is -3.66. The Bertz CT molecular complexity index is 789. The van der Waals surface area contributed by atoms with Crippen LogP contribution in [0.3, 0.4) is 0 Å². The molecule has 7 amide bonds. The van der Waals surface area contributed by atoms with Crippen molar-refractivity contribution in [2.45, 2.75) is 0 Å². The highest BCUT2D eigenvalue weighted by Gasteiger charge is 2.83. The van der Waals surface area contributed by atoms with Crippen LogP contribution in [0.2, 0.25) is 0 Å². The van der Waals surface area contributed by atoms with Crippen LogP contribution in [-0.4, -0.2) is 41.4 Å². The molecule has 0 aliphatic heterocycles. The zero-order chi connectivity index (χ0) is 21.5. The van der Waals surface area contributed by atoms with Crippen molar-refractivity contribution in [2.24, 2.45) is 62.3 Å². The van der Waals surface area contributed by atoms with E-state index < -0.39 is 63.5 Å². The van der Waals surface area contributed by atoms with Crippen molar-refractivity contribution >= 4 is 41.4 Å². The number of amides is 7. The molecule has 0 saturated heterocycles. The van der Waals surface area contributed by atoms with Crippen molar-refractivity contribution in [3.05, 3.63) is 12.2 Å². The van der Waals surface area contributed by atoms with Gasteiger partial charge in [-0.05, 0) is 0 Å². The Labute approximate surface area is 150 Å². The summed E-state index contributed by atoms with van der Waals surface area (Å²) in [5, 5.41) is 0. The zero-order valence-corrected chi connectivity index (χ0v) is 13.6. The first kappa shape index (κ1) is 21.1. The lowest BCUT2D eigenvalue weighted by molar-refractivity contribution is -0.185. The second-order valence-electron chi connectivity index (χ2n) is 5.79. The number of nitrogens with two attached hydrogens (primary N) is 7. The quantitative estimate of drug-likeness (QED) is 0.164. The molecule has 0 spiro atoms. The van der Waals surface area contributed by atoms with Crippen LogP contribution in [0.15, 0.2) is 12.2 Å². The predicted octanol–water partition coefficient (Wildman–Crippen LogP) is -6.47. The highest BCUT2D eigenvalue weighted by Crippen LogP contribution is 2.59. The second kappa shape index (κ2) is 6.08. The SMILES string of the molecule is NC(=O)C1C=CC(C(N)=O)(C(N)=O)C(C(N)=O)(C(N)=O)C1(C(N)=O)C(N)=O. The molecule has 0 saturated carbocycles. The van der Waals surface area contributed by atoms with Crippen molar-refractivity contribution < 1.29 is 33.6 Å². The van der Waals surface area contributed by atoms with E-state index >= 15 is 0 Å². The van der Waals surface area contributed by atoms with E-state index in [-0.39, 0.29) is 0 Å². The maximum atomic E-state index is 12.4. The van der Waals surface area contributed by atoms with E-state index in [1.807, 2.05) is 0 Å². The smallest absolute Gasteiger partial charge is 0.238 e. The Kier molecular flexibility index (Phi) is 4.75. The highest BCUT2D eigenvalue weighted by atomic mass is 16.2. The molecule has 1 aliphatic carbocycles. The summed E-state index contributed by atoms with van der Waals surface area (Å²) >= 11 is 0. The minimum absolute atomic E-state index is 0.451. The first-order valence-corrected chi connectivity index (χ1v) is 6.98. The molecule has 0 bridgehead atoms. The number of primary amides is 7. The Balaban J connectivity index is 4.55. The van der Waals surface area contributed by atoms with E-state index in [2.05, 4.69) is 0 Å². The van der Waals surface area contributed by atoms with E-state index in [0.717, 1.165) is 0 Å². The van der Waals surface area contributed by atoms with E-state index in [9.17, 15) is 33.6 Å². The third kappa shape index (κ3) is 2.03. The summed E-state index contributed by atoms with van der Waals surface area (Å²) in [6, 6.07) is 0. The van der Waals surface area contributed by atoms with Gasteiger partial charge in [0, 0.05) is 0 Å². The average Bonchev–Trinajstić information content (AvgIpc) is 2.50. The van der Waals surface area contributed by atoms with Crippen molar-refractivity contribution in [3.8, 4) is 0 Å². The average molecular weight is 383 g/mol. The van der Waals surface area contributed by atoms with Gasteiger partial charge in [0.1, 0.15) is 0 Å². The molecule has 0 aromatic rings. The minimum Gasteiger partial charge on any atom is -0.369 e. The number of hydrogen-bond donors (Lipinski definition) is 7. The number of rotatable bonds is 7. The normalized spacial score (nSPS) is 21.6. The summed E-state index contributed by atoms with van der Waals surface area (Å²) in [4.78, 5) is 85.8. The van der Waals surface area contributed by atoms with Crippen LogP contribution in [-0.2, 0) is 33.6 Å². The van der Waals surface area contributed by atoms with E-state index in [1.165, 1.54) is 0 Å². The maximum Gasteiger partial charge on any atom is 0.238 e. The van der Waals surface area contributed by atoms with Gasteiger partial charge in [0.15, 0.2) is 16.2 Å². The van der Waals surface area contributed by atoms with Crippen LogP contribution < -0.4 is 40.1 Å². The van der Waals surface area contributed by atoms with E-state index in [4.69, 9.17) is 40.1 Å². The van der Waals surface area contributed by atoms with E-state index in [0.29, 0.717) is 12.2 Å². The van der Waals surface area contributed by atoms with Gasteiger partial charge >= 0.3 is 0 Å². The lowest BCUT2D eigenvalue weighted by Gasteiger charge is -2.53. The molecule has 14 heteroatoms. The van der Waals surface area contributed by atoms with E-state index in [1.54, 1.807) is 0 Å². The molecular formula is C13H17N7O7. The van der Waals surface area contributed by atoms with Crippen molar-refractivity contribution in [2.75, 3.05) is 0 Å². The molecule has 1 rings (SSSR count). The van der Waals surface area contributed by atoms with Gasteiger partial charge in [-0.2, -0.15) is 0 Å². The zero-order valence-electron chi connectivity index (χ0n) is 13.6. The van der Waals surface area contributed by atoms with Crippen LogP contribution in [0.4, 0.5) is 0 Å². The van der Waals surface area contributed by atoms with Crippen LogP contribution in [0, 0.1) is 22.2 Å². The molecule has 0 fully saturated rings. The van der Waals surface area contributed by atoms with Crippen LogP contribution in [0.1, 0.15) is 0 Å². The Morgan fingerprint density at radius 2 is 0.963 bits per heavy atom. The largest absolute Gasteiger partial charge is 0.369 e. The summed E-state index contributed by atoms with van der Waals surface area (Å²) < 4.78 is 0. The van der Waals surface area contributed by atoms with Crippen molar-refractivity contribution in [1.82, 2.24) is 0 Å². The van der Waals surface area contributed by atoms with Crippen LogP contribution in [0.25, 0.3) is 0 Å². The van der Waals surface area contributed by atoms with Gasteiger partial charge in [0.05, 0.1) is 5.92 Å². The molecule has 1 aliphatic rings. The summed E-state index contributed by atoms with van der Waals surface area (Å²) in [7, 11) is 0. The molecule has 146 valence electrons. The fraction of sp³-hybridized carbons (Fsp3) is 0.308. The Morgan fingerprint density at radius 1 is 0.593 bits per heavy atom. The van der Waals surface area contributed by atoms with Crippen LogP contribution >= 0.6 is 0 Å². The second-order valence-corrected chi connectivity index (χ2v) is 5.79. The van der Waals surface area contributed by atoms with Gasteiger partial charge in [0.25, 0.3) is 0 Å². The van der Waals surface area contributed by atoms with Gasteiger partial charge in [0.2, 0.25) is 41.4 Å². The van der Waals surface area contributed by atoms with Gasteiger partial charge in [-0.15, -0.1) is 0 Å². The van der Waals surface area contributed by atoms with Crippen LogP contribution in [0.5, 0.6) is 0 Å². The molecule has 0 aromatic heterocycles. The Hall–Kier alpha value is -3.97. The number of hydrogen-bond acceptors (Lipinski definition) is 7. The molecule has 0 heterocycles. The van der Waals surface area contributed by atoms with Gasteiger partial charge in [-0.3, -0.25) is 33.6 Å². The fourth-order valence-corrected chi connectivity index (χ4v) is 3.71. The molecule has 1 unspecified atom stereocenters. The fourth-order valence-electron chi connectivity index (χ4n) is 3.71. The standard InChI is InChI=1S/C13H17N7O7/c14-4(21)3-1-2-11(5(15)22,6(16)23)13(9(19)26,10(20)27)12(3,7(17)24)8(18)25/h1-3H,(H2,14,21)(H2,15,22)(H2,16,23)(H2,17,24)(H2,18,25)(H2,19,26)(H2,20,27). The topological polar surface area (TPSA) is 302 Å². The molecule has 1 atom stereocenters. The monoisotopic (exact) mass is 383 g/mol. The summed E-state index contributed by atoms with van der Waals surface area (Å²) in [6.45, 7) is 0. The molecule has 0 radical (unpaired) electrons. The first-order valence-electron chi connectivity index (χ1n) is 6.98. The number of carbonyl (C=O) groups excluding carboxylic acids is 7. The maximum absolute atomic E-state index is 12.4. The van der Waals surface area contributed by atoms with Crippen molar-refractivity contribution in [3.63, 3.8) is 0 Å². The summed E-state index contributed by atoms with van der Waals surface area (Å²) in [5.74, 6) is -15.0. The lowest BCUT2D eigenvalue weighted by Crippen LogP contribution is -2.81. The molecule has 14 N–H and O–H groups in total.